The molecule has 14 heteroatoms. The zero-order valence-electron chi connectivity index (χ0n) is 23.2. The molecule has 2 saturated heterocycles. The average molecular weight is 598 g/mol. The third-order valence-corrected chi connectivity index (χ3v) is 7.57. The lowest BCUT2D eigenvalue weighted by molar-refractivity contribution is -0.176. The van der Waals surface area contributed by atoms with E-state index in [4.69, 9.17) is 14.7 Å². The molecule has 2 amide bonds. The summed E-state index contributed by atoms with van der Waals surface area (Å²) >= 11 is 0. The highest BCUT2D eigenvalue weighted by molar-refractivity contribution is 5.94. The number of carbonyl (C=O) groups excluding carboxylic acids is 2. The second-order valence-corrected chi connectivity index (χ2v) is 10.4. The van der Waals surface area contributed by atoms with E-state index in [-0.39, 0.29) is 30.7 Å². The lowest BCUT2D eigenvalue weighted by Gasteiger charge is -2.35. The van der Waals surface area contributed by atoms with Gasteiger partial charge in [-0.05, 0) is 36.8 Å². The summed E-state index contributed by atoms with van der Waals surface area (Å²) in [6, 6.07) is 12.5. The van der Waals surface area contributed by atoms with Gasteiger partial charge in [-0.25, -0.2) is 4.98 Å². The smallest absolute Gasteiger partial charge is 0.406 e. The van der Waals surface area contributed by atoms with Crippen molar-refractivity contribution >= 4 is 17.6 Å². The van der Waals surface area contributed by atoms with Crippen molar-refractivity contribution in [1.82, 2.24) is 14.8 Å². The van der Waals surface area contributed by atoms with Crippen LogP contribution in [0, 0.1) is 23.2 Å². The minimum absolute atomic E-state index is 0.00198. The third-order valence-electron chi connectivity index (χ3n) is 7.57. The molecule has 0 bridgehead atoms. The van der Waals surface area contributed by atoms with Crippen LogP contribution in [0.2, 0.25) is 0 Å². The number of ether oxygens (including phenoxy) is 2. The van der Waals surface area contributed by atoms with Crippen molar-refractivity contribution in [3.8, 4) is 11.8 Å². The molecular formula is C29H30F3N7O4. The molecule has 11 nitrogen and oxygen atoms in total. The van der Waals surface area contributed by atoms with Crippen LogP contribution in [0.4, 0.5) is 19.0 Å². The second kappa shape index (κ2) is 13.2. The van der Waals surface area contributed by atoms with Gasteiger partial charge >= 0.3 is 6.18 Å². The number of aromatic nitrogens is 1. The number of hydrogen-bond acceptors (Lipinski definition) is 9. The fourth-order valence-corrected chi connectivity index (χ4v) is 5.33. The van der Waals surface area contributed by atoms with E-state index in [0.29, 0.717) is 69.2 Å². The van der Waals surface area contributed by atoms with Gasteiger partial charge in [0.05, 0.1) is 30.7 Å². The standard InChI is InChI=1S/C29H30F3N7O4/c30-29(31,32)26-24(17-35-36-27(26)40)39-7-6-21(18-39)19-42-12-13-43-23-3-1-2-22(14-23)28(41)38-10-8-37(9-11-38)25-5-4-20(15-33)16-34-25/h1-5,14,16-17,21,26H,6-13,18-19H2/t21-,26?/m1/s1. The van der Waals surface area contributed by atoms with Crippen molar-refractivity contribution in [1.29, 1.82) is 5.26 Å². The molecule has 0 N–H and O–H groups in total. The van der Waals surface area contributed by atoms with E-state index in [0.717, 1.165) is 12.0 Å². The van der Waals surface area contributed by atoms with Crippen LogP contribution in [0.15, 0.2) is 64.7 Å². The summed E-state index contributed by atoms with van der Waals surface area (Å²) in [5, 5.41) is 15.4. The number of benzene rings is 1. The maximum atomic E-state index is 13.4. The van der Waals surface area contributed by atoms with E-state index in [1.807, 2.05) is 6.07 Å². The van der Waals surface area contributed by atoms with Crippen LogP contribution in [0.3, 0.4) is 0 Å². The van der Waals surface area contributed by atoms with E-state index in [2.05, 4.69) is 26.2 Å². The molecule has 3 aliphatic rings. The lowest BCUT2D eigenvalue weighted by atomic mass is 10.0. The summed E-state index contributed by atoms with van der Waals surface area (Å²) in [7, 11) is 0. The zero-order valence-corrected chi connectivity index (χ0v) is 23.2. The number of amides is 2. The van der Waals surface area contributed by atoms with Crippen molar-refractivity contribution < 1.29 is 32.2 Å². The number of hydrogen-bond donors (Lipinski definition) is 0. The highest BCUT2D eigenvalue weighted by atomic mass is 19.4. The van der Waals surface area contributed by atoms with E-state index in [9.17, 15) is 22.8 Å². The monoisotopic (exact) mass is 597 g/mol. The van der Waals surface area contributed by atoms with Crippen LogP contribution >= 0.6 is 0 Å². The fourth-order valence-electron chi connectivity index (χ4n) is 5.33. The van der Waals surface area contributed by atoms with Crippen LogP contribution in [0.25, 0.3) is 0 Å². The molecule has 1 aromatic heterocycles. The number of rotatable bonds is 9. The number of azo groups is 1. The van der Waals surface area contributed by atoms with Crippen molar-refractivity contribution in [3.63, 3.8) is 0 Å². The highest BCUT2D eigenvalue weighted by Crippen LogP contribution is 2.38. The van der Waals surface area contributed by atoms with E-state index < -0.39 is 18.0 Å². The summed E-state index contributed by atoms with van der Waals surface area (Å²) < 4.78 is 51.7. The predicted molar refractivity (Wildman–Crippen MR) is 147 cm³/mol. The molecule has 5 rings (SSSR count). The van der Waals surface area contributed by atoms with Gasteiger partial charge in [0.1, 0.15) is 24.2 Å². The Kier molecular flexibility index (Phi) is 9.20. The molecule has 0 radical (unpaired) electrons. The Morgan fingerprint density at radius 2 is 1.88 bits per heavy atom. The fraction of sp³-hybridized carbons (Fsp3) is 0.448. The average Bonchev–Trinajstić information content (AvgIpc) is 3.49. The first-order valence-corrected chi connectivity index (χ1v) is 13.9. The van der Waals surface area contributed by atoms with Crippen molar-refractivity contribution in [2.75, 3.05) is 64.0 Å². The summed E-state index contributed by atoms with van der Waals surface area (Å²) in [5.41, 5.74) is 0.846. The molecule has 0 saturated carbocycles. The first kappa shape index (κ1) is 30.0. The highest BCUT2D eigenvalue weighted by Gasteiger charge is 2.50. The van der Waals surface area contributed by atoms with Gasteiger partial charge in [-0.15, -0.1) is 5.11 Å². The van der Waals surface area contributed by atoms with Crippen LogP contribution in [-0.4, -0.2) is 91.9 Å². The minimum Gasteiger partial charge on any atom is -0.491 e. The summed E-state index contributed by atoms with van der Waals surface area (Å²) in [5.74, 6) is -2.37. The van der Waals surface area contributed by atoms with Gasteiger partial charge in [0.2, 0.25) is 0 Å². The number of piperazine rings is 1. The summed E-state index contributed by atoms with van der Waals surface area (Å²) in [6.07, 6.45) is -1.55. The molecule has 226 valence electrons. The minimum atomic E-state index is -4.73. The van der Waals surface area contributed by atoms with Crippen LogP contribution in [-0.2, 0) is 9.53 Å². The maximum absolute atomic E-state index is 13.4. The molecule has 2 atom stereocenters. The number of pyridine rings is 1. The van der Waals surface area contributed by atoms with Gasteiger partial charge in [-0.2, -0.15) is 23.5 Å². The Labute approximate surface area is 246 Å². The van der Waals surface area contributed by atoms with Gasteiger partial charge in [0.25, 0.3) is 11.8 Å². The summed E-state index contributed by atoms with van der Waals surface area (Å²) in [6.45, 7) is 3.85. The van der Waals surface area contributed by atoms with Crippen LogP contribution in [0.5, 0.6) is 5.75 Å². The molecular weight excluding hydrogens is 567 g/mol. The van der Waals surface area contributed by atoms with Gasteiger partial charge in [0.15, 0.2) is 5.92 Å². The molecule has 1 aromatic carbocycles. The Balaban J connectivity index is 1.03. The number of likely N-dealkylation sites (tertiary alicyclic amines) is 1. The van der Waals surface area contributed by atoms with Crippen LogP contribution in [0.1, 0.15) is 22.3 Å². The van der Waals surface area contributed by atoms with Gasteiger partial charge < -0.3 is 24.2 Å². The van der Waals surface area contributed by atoms with E-state index >= 15 is 0 Å². The number of halogens is 3. The molecule has 3 aliphatic heterocycles. The topological polar surface area (TPSA) is 124 Å². The normalized spacial score (nSPS) is 20.7. The largest absolute Gasteiger partial charge is 0.491 e. The molecule has 4 heterocycles. The molecule has 2 aromatic rings. The van der Waals surface area contributed by atoms with Gasteiger partial charge in [-0.3, -0.25) is 9.59 Å². The Hall–Kier alpha value is -4.51. The van der Waals surface area contributed by atoms with Crippen molar-refractivity contribution in [3.05, 3.63) is 65.6 Å². The zero-order chi connectivity index (χ0) is 30.4. The second-order valence-electron chi connectivity index (χ2n) is 10.4. The molecule has 1 unspecified atom stereocenters. The van der Waals surface area contributed by atoms with Gasteiger partial charge in [-0.1, -0.05) is 6.07 Å². The van der Waals surface area contributed by atoms with E-state index in [1.165, 1.54) is 11.1 Å². The number of alkyl halides is 3. The number of nitriles is 1. The van der Waals surface area contributed by atoms with Crippen molar-refractivity contribution in [2.45, 2.75) is 12.6 Å². The van der Waals surface area contributed by atoms with Crippen molar-refractivity contribution in [2.24, 2.45) is 22.1 Å². The number of nitrogens with zero attached hydrogens (tertiary/aromatic N) is 7. The third kappa shape index (κ3) is 7.29. The van der Waals surface area contributed by atoms with Gasteiger partial charge in [0, 0.05) is 56.9 Å². The first-order valence-electron chi connectivity index (χ1n) is 13.9. The lowest BCUT2D eigenvalue weighted by Crippen LogP contribution is -2.49. The number of anilines is 1. The first-order chi connectivity index (χ1) is 20.7. The summed E-state index contributed by atoms with van der Waals surface area (Å²) in [4.78, 5) is 34.6. The molecule has 0 aliphatic carbocycles. The molecule has 2 fully saturated rings. The SMILES string of the molecule is N#Cc1ccc(N2CCN(C(=O)c3cccc(OCCOC[C@@H]4CCN(C5=CN=NC(=O)C5C(F)(F)F)C4)c3)CC2)nc1. The molecule has 43 heavy (non-hydrogen) atoms. The molecule has 0 spiro atoms. The predicted octanol–water partition coefficient (Wildman–Crippen LogP) is 3.65. The number of carbonyl (C=O) groups is 2. The maximum Gasteiger partial charge on any atom is 0.406 e. The Morgan fingerprint density at radius 3 is 2.60 bits per heavy atom. The van der Waals surface area contributed by atoms with E-state index in [1.54, 1.807) is 35.2 Å². The Bertz CT molecular complexity index is 1420. The van der Waals surface area contributed by atoms with Crippen LogP contribution < -0.4 is 9.64 Å². The Morgan fingerprint density at radius 1 is 1.07 bits per heavy atom. The quantitative estimate of drug-likeness (QED) is 0.402.